The molecule has 0 aliphatic heterocycles. The van der Waals surface area contributed by atoms with E-state index in [1.165, 1.54) is 12.8 Å². The molecule has 2 rings (SSSR count). The lowest BCUT2D eigenvalue weighted by molar-refractivity contribution is 0.0875. The van der Waals surface area contributed by atoms with Crippen molar-refractivity contribution in [3.63, 3.8) is 0 Å². The topological polar surface area (TPSA) is 26.3 Å². The zero-order valence-corrected chi connectivity index (χ0v) is 11.5. The fourth-order valence-corrected chi connectivity index (χ4v) is 2.78. The van der Waals surface area contributed by atoms with Crippen molar-refractivity contribution in [3.8, 4) is 5.75 Å². The quantitative estimate of drug-likeness (QED) is 0.753. The van der Waals surface area contributed by atoms with E-state index < -0.39 is 0 Å². The Labute approximate surface area is 109 Å². The number of carbonyl (C=O) groups excluding carboxylic acids is 1. The van der Waals surface area contributed by atoms with E-state index in [-0.39, 0.29) is 5.92 Å². The Kier molecular flexibility index (Phi) is 4.05. The molecule has 98 valence electrons. The fraction of sp³-hybridized carbons (Fsp3) is 0.562. The van der Waals surface area contributed by atoms with Gasteiger partial charge in [-0.15, -0.1) is 0 Å². The van der Waals surface area contributed by atoms with Crippen molar-refractivity contribution in [2.24, 2.45) is 11.8 Å². The molecule has 0 radical (unpaired) electrons. The highest BCUT2D eigenvalue weighted by Crippen LogP contribution is 2.31. The summed E-state index contributed by atoms with van der Waals surface area (Å²) in [6.45, 7) is 4.26. The fourth-order valence-electron chi connectivity index (χ4n) is 2.78. The smallest absolute Gasteiger partial charge is 0.166 e. The van der Waals surface area contributed by atoms with Gasteiger partial charge < -0.3 is 4.74 Å². The summed E-state index contributed by atoms with van der Waals surface area (Å²) in [5, 5.41) is 0. The summed E-state index contributed by atoms with van der Waals surface area (Å²) in [4.78, 5) is 12.5. The molecule has 0 saturated heterocycles. The van der Waals surface area contributed by atoms with Crippen molar-refractivity contribution in [2.45, 2.75) is 39.5 Å². The molecule has 2 nitrogen and oxygen atoms in total. The number of aryl methyl sites for hydroxylation is 1. The minimum absolute atomic E-state index is 0.230. The van der Waals surface area contributed by atoms with Gasteiger partial charge in [0.15, 0.2) is 5.78 Å². The molecule has 0 amide bonds. The molecule has 1 aliphatic rings. The maximum Gasteiger partial charge on any atom is 0.166 e. The molecule has 1 aliphatic carbocycles. The first kappa shape index (κ1) is 13.1. The van der Waals surface area contributed by atoms with Crippen LogP contribution in [-0.2, 0) is 0 Å². The predicted molar refractivity (Wildman–Crippen MR) is 73.2 cm³/mol. The van der Waals surface area contributed by atoms with Gasteiger partial charge in [0.05, 0.1) is 7.11 Å². The third kappa shape index (κ3) is 2.74. The molecule has 18 heavy (non-hydrogen) atoms. The lowest BCUT2D eigenvalue weighted by Crippen LogP contribution is -2.21. The molecular weight excluding hydrogens is 224 g/mol. The number of hydrogen-bond acceptors (Lipinski definition) is 2. The molecular formula is C16H22O2. The van der Waals surface area contributed by atoms with E-state index in [4.69, 9.17) is 4.74 Å². The Balaban J connectivity index is 2.13. The standard InChI is InChI=1S/C16H22O2/c1-11-4-6-13(7-5-11)16(17)15-9-8-14(18-3)10-12(15)2/h8-11,13H,4-7H2,1-3H3. The van der Waals surface area contributed by atoms with Crippen LogP contribution in [0.3, 0.4) is 0 Å². The SMILES string of the molecule is COc1ccc(C(=O)C2CCC(C)CC2)c(C)c1. The molecule has 0 aromatic heterocycles. The van der Waals surface area contributed by atoms with Gasteiger partial charge in [-0.25, -0.2) is 0 Å². The van der Waals surface area contributed by atoms with Crippen LogP contribution >= 0.6 is 0 Å². The van der Waals surface area contributed by atoms with Crippen molar-refractivity contribution in [1.29, 1.82) is 0 Å². The second-order valence-corrected chi connectivity index (χ2v) is 5.50. The number of benzene rings is 1. The summed E-state index contributed by atoms with van der Waals surface area (Å²) in [7, 11) is 1.65. The number of methoxy groups -OCH3 is 1. The lowest BCUT2D eigenvalue weighted by atomic mass is 9.79. The van der Waals surface area contributed by atoms with E-state index in [1.54, 1.807) is 7.11 Å². The average Bonchev–Trinajstić information content (AvgIpc) is 2.38. The Morgan fingerprint density at radius 3 is 2.44 bits per heavy atom. The molecule has 1 saturated carbocycles. The maximum absolute atomic E-state index is 12.5. The third-order valence-corrected chi connectivity index (χ3v) is 4.09. The molecule has 0 heterocycles. The molecule has 1 fully saturated rings. The Morgan fingerprint density at radius 2 is 1.89 bits per heavy atom. The van der Waals surface area contributed by atoms with Gasteiger partial charge >= 0.3 is 0 Å². The number of rotatable bonds is 3. The summed E-state index contributed by atoms with van der Waals surface area (Å²) >= 11 is 0. The van der Waals surface area contributed by atoms with E-state index in [2.05, 4.69) is 6.92 Å². The number of Topliss-reactive ketones (excluding diaryl/α,β-unsaturated/α-hetero) is 1. The maximum atomic E-state index is 12.5. The normalized spacial score (nSPS) is 23.7. The molecule has 0 atom stereocenters. The van der Waals surface area contributed by atoms with E-state index >= 15 is 0 Å². The first-order valence-corrected chi connectivity index (χ1v) is 6.80. The monoisotopic (exact) mass is 246 g/mol. The molecule has 0 spiro atoms. The van der Waals surface area contributed by atoms with Crippen molar-refractivity contribution in [2.75, 3.05) is 7.11 Å². The zero-order valence-electron chi connectivity index (χ0n) is 11.5. The number of ether oxygens (including phenoxy) is 1. The van der Waals surface area contributed by atoms with E-state index in [0.29, 0.717) is 5.78 Å². The van der Waals surface area contributed by atoms with Crippen molar-refractivity contribution in [3.05, 3.63) is 29.3 Å². The average molecular weight is 246 g/mol. The second-order valence-electron chi connectivity index (χ2n) is 5.50. The van der Waals surface area contributed by atoms with Crippen LogP contribution in [0.25, 0.3) is 0 Å². The third-order valence-electron chi connectivity index (χ3n) is 4.09. The molecule has 0 N–H and O–H groups in total. The van der Waals surface area contributed by atoms with E-state index in [1.807, 2.05) is 25.1 Å². The predicted octanol–water partition coefficient (Wildman–Crippen LogP) is 4.01. The molecule has 0 bridgehead atoms. The van der Waals surface area contributed by atoms with Gasteiger partial charge in [0, 0.05) is 11.5 Å². The van der Waals surface area contributed by atoms with Crippen LogP contribution < -0.4 is 4.74 Å². The molecule has 2 heteroatoms. The second kappa shape index (κ2) is 5.55. The molecule has 1 aromatic rings. The molecule has 0 unspecified atom stereocenters. The number of carbonyl (C=O) groups is 1. The van der Waals surface area contributed by atoms with Crippen LogP contribution in [0.2, 0.25) is 0 Å². The highest BCUT2D eigenvalue weighted by atomic mass is 16.5. The summed E-state index contributed by atoms with van der Waals surface area (Å²) in [5.74, 6) is 2.16. The van der Waals surface area contributed by atoms with Crippen LogP contribution in [0.4, 0.5) is 0 Å². The zero-order chi connectivity index (χ0) is 13.1. The van der Waals surface area contributed by atoms with Gasteiger partial charge in [0.1, 0.15) is 5.75 Å². The number of ketones is 1. The lowest BCUT2D eigenvalue weighted by Gasteiger charge is -2.25. The highest BCUT2D eigenvalue weighted by molar-refractivity contribution is 5.99. The summed E-state index contributed by atoms with van der Waals surface area (Å²) in [6.07, 6.45) is 4.47. The summed E-state index contributed by atoms with van der Waals surface area (Å²) < 4.78 is 5.18. The first-order chi connectivity index (χ1) is 8.61. The van der Waals surface area contributed by atoms with Crippen LogP contribution in [0.1, 0.15) is 48.5 Å². The van der Waals surface area contributed by atoms with Gasteiger partial charge in [0.2, 0.25) is 0 Å². The Bertz CT molecular complexity index is 429. The van der Waals surface area contributed by atoms with Gasteiger partial charge in [-0.2, -0.15) is 0 Å². The van der Waals surface area contributed by atoms with E-state index in [9.17, 15) is 4.79 Å². The summed E-state index contributed by atoms with van der Waals surface area (Å²) in [5.41, 5.74) is 1.90. The Morgan fingerprint density at radius 1 is 1.22 bits per heavy atom. The van der Waals surface area contributed by atoms with Crippen LogP contribution in [0.15, 0.2) is 18.2 Å². The van der Waals surface area contributed by atoms with E-state index in [0.717, 1.165) is 35.6 Å². The number of hydrogen-bond donors (Lipinski definition) is 0. The summed E-state index contributed by atoms with van der Waals surface area (Å²) in [6, 6.07) is 5.74. The van der Waals surface area contributed by atoms with Crippen molar-refractivity contribution in [1.82, 2.24) is 0 Å². The van der Waals surface area contributed by atoms with Crippen LogP contribution in [-0.4, -0.2) is 12.9 Å². The van der Waals surface area contributed by atoms with Gasteiger partial charge in [-0.3, -0.25) is 4.79 Å². The van der Waals surface area contributed by atoms with Crippen LogP contribution in [0.5, 0.6) is 5.75 Å². The van der Waals surface area contributed by atoms with Gasteiger partial charge in [-0.05, 0) is 49.4 Å². The largest absolute Gasteiger partial charge is 0.497 e. The van der Waals surface area contributed by atoms with Crippen molar-refractivity contribution >= 4 is 5.78 Å². The molecule has 1 aromatic carbocycles. The minimum atomic E-state index is 0.230. The van der Waals surface area contributed by atoms with Crippen LogP contribution in [0, 0.1) is 18.8 Å². The Hall–Kier alpha value is -1.31. The highest BCUT2D eigenvalue weighted by Gasteiger charge is 2.26. The minimum Gasteiger partial charge on any atom is -0.497 e. The van der Waals surface area contributed by atoms with Gasteiger partial charge in [-0.1, -0.05) is 19.8 Å². The van der Waals surface area contributed by atoms with Gasteiger partial charge in [0.25, 0.3) is 0 Å². The van der Waals surface area contributed by atoms with Crippen molar-refractivity contribution < 1.29 is 9.53 Å². The first-order valence-electron chi connectivity index (χ1n) is 6.80.